The van der Waals surface area contributed by atoms with Gasteiger partial charge in [0.15, 0.2) is 0 Å². The first-order valence-corrected chi connectivity index (χ1v) is 4.59. The molecule has 0 radical (unpaired) electrons. The number of hydrogen-bond acceptors (Lipinski definition) is 0. The molecule has 0 aromatic heterocycles. The number of hydrogen-bond donors (Lipinski definition) is 0. The molecule has 0 aliphatic rings. The third-order valence-electron chi connectivity index (χ3n) is 0.927. The molecule has 0 aromatic rings. The Hall–Kier alpha value is -0.780. The minimum absolute atomic E-state index is 1.08. The highest BCUT2D eigenvalue weighted by Gasteiger charge is 1.60. The fourth-order valence-electron chi connectivity index (χ4n) is 0.333. The summed E-state index contributed by atoms with van der Waals surface area (Å²) >= 11 is 0. The van der Waals surface area contributed by atoms with Crippen molar-refractivity contribution in [2.75, 3.05) is 0 Å². The first-order chi connectivity index (χ1) is 5.83. The molecule has 0 atom stereocenters. The summed E-state index contributed by atoms with van der Waals surface area (Å²) in [6.07, 6.45) is 9.67. The molecule has 0 nitrogen and oxygen atoms in total. The fourth-order valence-corrected chi connectivity index (χ4v) is 0.333. The van der Waals surface area contributed by atoms with E-state index in [4.69, 9.17) is 0 Å². The fraction of sp³-hybridized carbons (Fsp3) is 0.500. The van der Waals surface area contributed by atoms with Crippen LogP contribution in [0.15, 0.2) is 38.0 Å². The zero-order valence-corrected chi connectivity index (χ0v) is 8.97. The van der Waals surface area contributed by atoms with Crippen molar-refractivity contribution in [3.05, 3.63) is 38.0 Å². The van der Waals surface area contributed by atoms with Gasteiger partial charge in [0.25, 0.3) is 0 Å². The van der Waals surface area contributed by atoms with Crippen molar-refractivity contribution in [2.45, 2.75) is 40.0 Å². The first-order valence-electron chi connectivity index (χ1n) is 4.59. The average molecular weight is 168 g/mol. The molecule has 0 amide bonds. The Morgan fingerprint density at radius 2 is 1.08 bits per heavy atom. The van der Waals surface area contributed by atoms with E-state index in [1.807, 2.05) is 6.08 Å². The third kappa shape index (κ3) is 60.1. The van der Waals surface area contributed by atoms with Gasteiger partial charge in [-0.3, -0.25) is 0 Å². The summed E-state index contributed by atoms with van der Waals surface area (Å²) in [6.45, 7) is 15.8. The van der Waals surface area contributed by atoms with Crippen molar-refractivity contribution in [2.24, 2.45) is 0 Å². The Bertz CT molecular complexity index is 74.0. The van der Waals surface area contributed by atoms with Gasteiger partial charge in [0.05, 0.1) is 0 Å². The van der Waals surface area contributed by atoms with Gasteiger partial charge in [0, 0.05) is 0 Å². The van der Waals surface area contributed by atoms with Crippen molar-refractivity contribution in [1.82, 2.24) is 0 Å². The molecule has 12 heavy (non-hydrogen) atoms. The van der Waals surface area contributed by atoms with Crippen molar-refractivity contribution in [3.8, 4) is 0 Å². The van der Waals surface area contributed by atoms with Crippen LogP contribution in [0.25, 0.3) is 0 Å². The molecule has 0 heteroatoms. The van der Waals surface area contributed by atoms with Gasteiger partial charge in [-0.2, -0.15) is 0 Å². The zero-order valence-electron chi connectivity index (χ0n) is 8.97. The molecule has 0 N–H and O–H groups in total. The second-order valence-corrected chi connectivity index (χ2v) is 1.98. The molecule has 0 aliphatic carbocycles. The van der Waals surface area contributed by atoms with Crippen molar-refractivity contribution >= 4 is 0 Å². The van der Waals surface area contributed by atoms with Crippen LogP contribution in [0.5, 0.6) is 0 Å². The Balaban J connectivity index is -0.000000118. The van der Waals surface area contributed by atoms with Crippen molar-refractivity contribution < 1.29 is 0 Å². The summed E-state index contributed by atoms with van der Waals surface area (Å²) in [5.74, 6) is 0. The zero-order chi connectivity index (χ0) is 10.2. The predicted octanol–water partition coefficient (Wildman–Crippen LogP) is 4.75. The first kappa shape index (κ1) is 17.3. The minimum atomic E-state index is 1.08. The average Bonchev–Trinajstić information content (AvgIpc) is 2.18. The van der Waals surface area contributed by atoms with Crippen LogP contribution >= 0.6 is 0 Å². The van der Waals surface area contributed by atoms with E-state index in [1.165, 1.54) is 12.8 Å². The molecular weight excluding hydrogens is 144 g/mol. The number of allylic oxidation sites excluding steroid dienone is 3. The van der Waals surface area contributed by atoms with E-state index in [-0.39, 0.29) is 0 Å². The molecule has 0 spiro atoms. The standard InChI is InChI=1S/C6H12.C4H8.C2H4/c1-3-5-6-4-2;1-3-4-2;1-2/h5-6H,3-4H2,1-2H3;3H,1,4H2,2H3;1-2H2/b6-5+;;. The Morgan fingerprint density at radius 1 is 0.833 bits per heavy atom. The van der Waals surface area contributed by atoms with E-state index in [2.05, 4.69) is 52.7 Å². The van der Waals surface area contributed by atoms with Crippen molar-refractivity contribution in [1.29, 1.82) is 0 Å². The molecule has 0 saturated heterocycles. The maximum Gasteiger partial charge on any atom is -0.0379 e. The van der Waals surface area contributed by atoms with Crippen LogP contribution in [0.2, 0.25) is 0 Å². The summed E-state index contributed by atoms with van der Waals surface area (Å²) in [5, 5.41) is 0. The topological polar surface area (TPSA) is 0 Å². The quantitative estimate of drug-likeness (QED) is 0.534. The highest BCUT2D eigenvalue weighted by atomic mass is 13.7. The van der Waals surface area contributed by atoms with Gasteiger partial charge in [-0.05, 0) is 19.3 Å². The molecule has 0 aliphatic heterocycles. The molecule has 72 valence electrons. The monoisotopic (exact) mass is 168 g/mol. The minimum Gasteiger partial charge on any atom is -0.106 e. The Kier molecular flexibility index (Phi) is 46.1. The summed E-state index contributed by atoms with van der Waals surface area (Å²) < 4.78 is 0. The lowest BCUT2D eigenvalue weighted by atomic mass is 10.4. The van der Waals surface area contributed by atoms with E-state index >= 15 is 0 Å². The Morgan fingerprint density at radius 3 is 1.17 bits per heavy atom. The number of rotatable bonds is 3. The highest BCUT2D eigenvalue weighted by molar-refractivity contribution is 4.77. The second-order valence-electron chi connectivity index (χ2n) is 1.98. The Labute approximate surface area is 78.7 Å². The molecule has 0 rings (SSSR count). The lowest BCUT2D eigenvalue weighted by molar-refractivity contribution is 1.16. The van der Waals surface area contributed by atoms with E-state index in [0.29, 0.717) is 0 Å². The van der Waals surface area contributed by atoms with Crippen LogP contribution in [0.3, 0.4) is 0 Å². The lowest BCUT2D eigenvalue weighted by Gasteiger charge is -1.72. The van der Waals surface area contributed by atoms with Crippen LogP contribution in [0.1, 0.15) is 40.0 Å². The van der Waals surface area contributed by atoms with E-state index in [0.717, 1.165) is 6.42 Å². The van der Waals surface area contributed by atoms with E-state index in [9.17, 15) is 0 Å². The van der Waals surface area contributed by atoms with E-state index in [1.54, 1.807) is 0 Å². The van der Waals surface area contributed by atoms with Gasteiger partial charge in [-0.25, -0.2) is 0 Å². The molecule has 0 aromatic carbocycles. The maximum atomic E-state index is 3.48. The smallest absolute Gasteiger partial charge is 0.0379 e. The van der Waals surface area contributed by atoms with Gasteiger partial charge in [0.2, 0.25) is 0 Å². The summed E-state index contributed by atoms with van der Waals surface area (Å²) in [7, 11) is 0. The van der Waals surface area contributed by atoms with Crippen LogP contribution in [0, 0.1) is 0 Å². The van der Waals surface area contributed by atoms with Crippen molar-refractivity contribution in [3.63, 3.8) is 0 Å². The van der Waals surface area contributed by atoms with Crippen LogP contribution in [0.4, 0.5) is 0 Å². The molecule has 0 unspecified atom stereocenters. The SMILES string of the molecule is C=C.C=CCC.CC/C=C/CC. The molecule has 0 saturated carbocycles. The van der Waals surface area contributed by atoms with E-state index < -0.39 is 0 Å². The summed E-state index contributed by atoms with van der Waals surface area (Å²) in [4.78, 5) is 0. The van der Waals surface area contributed by atoms with Crippen LogP contribution < -0.4 is 0 Å². The summed E-state index contributed by atoms with van der Waals surface area (Å²) in [6, 6.07) is 0. The molecule has 0 heterocycles. The summed E-state index contributed by atoms with van der Waals surface area (Å²) in [5.41, 5.74) is 0. The van der Waals surface area contributed by atoms with Gasteiger partial charge >= 0.3 is 0 Å². The molecule has 0 bridgehead atoms. The largest absolute Gasteiger partial charge is 0.106 e. The van der Waals surface area contributed by atoms with Crippen LogP contribution in [-0.2, 0) is 0 Å². The highest BCUT2D eigenvalue weighted by Crippen LogP contribution is 1.81. The normalized spacial score (nSPS) is 7.58. The molecule has 0 fully saturated rings. The maximum absolute atomic E-state index is 3.48. The van der Waals surface area contributed by atoms with Gasteiger partial charge in [-0.15, -0.1) is 19.7 Å². The van der Waals surface area contributed by atoms with Gasteiger partial charge < -0.3 is 0 Å². The third-order valence-corrected chi connectivity index (χ3v) is 0.927. The van der Waals surface area contributed by atoms with Crippen LogP contribution in [-0.4, -0.2) is 0 Å². The lowest BCUT2D eigenvalue weighted by Crippen LogP contribution is -1.51. The van der Waals surface area contributed by atoms with Gasteiger partial charge in [0.1, 0.15) is 0 Å². The molecular formula is C12H24. The second kappa shape index (κ2) is 31.9. The predicted molar refractivity (Wildman–Crippen MR) is 61.5 cm³/mol. The van der Waals surface area contributed by atoms with Gasteiger partial charge in [-0.1, -0.05) is 39.0 Å².